The lowest BCUT2D eigenvalue weighted by molar-refractivity contribution is 0.249. The summed E-state index contributed by atoms with van der Waals surface area (Å²) in [5.74, 6) is 0. The molecule has 0 aliphatic rings. The van der Waals surface area contributed by atoms with Gasteiger partial charge in [-0.05, 0) is 37.6 Å². The number of anilines is 1. The molecule has 4 heteroatoms. The fourth-order valence-corrected chi connectivity index (χ4v) is 1.12. The van der Waals surface area contributed by atoms with Crippen molar-refractivity contribution in [2.45, 2.75) is 26.3 Å². The van der Waals surface area contributed by atoms with Crippen LogP contribution in [0.25, 0.3) is 0 Å². The van der Waals surface area contributed by atoms with Crippen LogP contribution >= 0.6 is 0 Å². The minimum atomic E-state index is -0.223. The molecule has 0 aromatic heterocycles. The summed E-state index contributed by atoms with van der Waals surface area (Å²) in [6, 6.07) is 8.69. The number of hydrogen-bond acceptors (Lipinski definition) is 2. The van der Waals surface area contributed by atoms with Crippen LogP contribution in [0.2, 0.25) is 0 Å². The van der Waals surface area contributed by atoms with Crippen molar-refractivity contribution >= 4 is 11.7 Å². The Morgan fingerprint density at radius 1 is 1.44 bits per heavy atom. The van der Waals surface area contributed by atoms with E-state index in [2.05, 4.69) is 10.6 Å². The van der Waals surface area contributed by atoms with Crippen molar-refractivity contribution in [2.75, 3.05) is 5.32 Å². The van der Waals surface area contributed by atoms with E-state index in [0.29, 0.717) is 11.3 Å². The first-order valence-electron chi connectivity index (χ1n) is 5.23. The van der Waals surface area contributed by atoms with E-state index >= 15 is 0 Å². The number of benzene rings is 1. The normalized spacial score (nSPS) is 11.3. The molecule has 0 saturated carbocycles. The van der Waals surface area contributed by atoms with Crippen LogP contribution in [-0.2, 0) is 0 Å². The summed E-state index contributed by atoms with van der Waals surface area (Å²) in [6.45, 7) is 3.95. The van der Waals surface area contributed by atoms with Crippen LogP contribution in [0.15, 0.2) is 24.3 Å². The van der Waals surface area contributed by atoms with Crippen molar-refractivity contribution in [3.05, 3.63) is 29.8 Å². The van der Waals surface area contributed by atoms with E-state index < -0.39 is 0 Å². The average Bonchev–Trinajstić information content (AvgIpc) is 2.29. The highest BCUT2D eigenvalue weighted by Gasteiger charge is 2.04. The molecule has 0 radical (unpaired) electrons. The number of nitrogens with one attached hydrogen (secondary N) is 2. The molecular weight excluding hydrogens is 202 g/mol. The molecule has 1 atom stereocenters. The van der Waals surface area contributed by atoms with Crippen LogP contribution in [0.1, 0.15) is 25.8 Å². The predicted octanol–water partition coefficient (Wildman–Crippen LogP) is 2.48. The maximum atomic E-state index is 11.4. The molecule has 1 aromatic carbocycles. The van der Waals surface area contributed by atoms with E-state index in [9.17, 15) is 4.79 Å². The number of hydrogen-bond donors (Lipinski definition) is 2. The quantitative estimate of drug-likeness (QED) is 0.816. The monoisotopic (exact) mass is 217 g/mol. The first kappa shape index (κ1) is 12.1. The maximum absolute atomic E-state index is 11.4. The summed E-state index contributed by atoms with van der Waals surface area (Å²) < 4.78 is 0. The number of carbonyl (C=O) groups excluding carboxylic acids is 1. The van der Waals surface area contributed by atoms with E-state index in [0.717, 1.165) is 6.42 Å². The van der Waals surface area contributed by atoms with Crippen molar-refractivity contribution in [3.8, 4) is 6.07 Å². The van der Waals surface area contributed by atoms with Gasteiger partial charge in [-0.25, -0.2) is 4.79 Å². The Kier molecular flexibility index (Phi) is 4.34. The minimum absolute atomic E-state index is 0.151. The van der Waals surface area contributed by atoms with Gasteiger partial charge in [-0.3, -0.25) is 0 Å². The van der Waals surface area contributed by atoms with E-state index in [-0.39, 0.29) is 12.1 Å². The van der Waals surface area contributed by atoms with Gasteiger partial charge in [0.15, 0.2) is 0 Å². The Balaban J connectivity index is 2.53. The third-order valence-corrected chi connectivity index (χ3v) is 2.26. The number of nitrogens with zero attached hydrogens (tertiary/aromatic N) is 1. The van der Waals surface area contributed by atoms with E-state index in [4.69, 9.17) is 5.26 Å². The summed E-state index contributed by atoms with van der Waals surface area (Å²) in [6.07, 6.45) is 0.890. The molecule has 0 spiro atoms. The largest absolute Gasteiger partial charge is 0.335 e. The highest BCUT2D eigenvalue weighted by molar-refractivity contribution is 5.89. The molecule has 0 bridgehead atoms. The van der Waals surface area contributed by atoms with Crippen LogP contribution in [0.4, 0.5) is 10.5 Å². The molecule has 0 fully saturated rings. The molecular formula is C12H15N3O. The first-order valence-corrected chi connectivity index (χ1v) is 5.23. The zero-order valence-electron chi connectivity index (χ0n) is 9.45. The summed E-state index contributed by atoms with van der Waals surface area (Å²) in [5.41, 5.74) is 1.26. The van der Waals surface area contributed by atoms with Crippen molar-refractivity contribution in [1.82, 2.24) is 5.32 Å². The van der Waals surface area contributed by atoms with Crippen molar-refractivity contribution < 1.29 is 4.79 Å². The molecule has 0 aliphatic carbocycles. The Hall–Kier alpha value is -2.02. The van der Waals surface area contributed by atoms with Gasteiger partial charge in [0.25, 0.3) is 0 Å². The van der Waals surface area contributed by atoms with Crippen LogP contribution in [0.3, 0.4) is 0 Å². The Morgan fingerprint density at radius 3 is 2.56 bits per heavy atom. The molecule has 4 nitrogen and oxygen atoms in total. The highest BCUT2D eigenvalue weighted by Crippen LogP contribution is 2.08. The van der Waals surface area contributed by atoms with Gasteiger partial charge >= 0.3 is 6.03 Å². The molecule has 0 saturated heterocycles. The van der Waals surface area contributed by atoms with Crippen LogP contribution in [-0.4, -0.2) is 12.1 Å². The average molecular weight is 217 g/mol. The lowest BCUT2D eigenvalue weighted by Crippen LogP contribution is -2.35. The maximum Gasteiger partial charge on any atom is 0.319 e. The minimum Gasteiger partial charge on any atom is -0.335 e. The lowest BCUT2D eigenvalue weighted by atomic mass is 10.2. The molecule has 2 N–H and O–H groups in total. The second-order valence-electron chi connectivity index (χ2n) is 3.60. The van der Waals surface area contributed by atoms with E-state index in [1.807, 2.05) is 19.9 Å². The van der Waals surface area contributed by atoms with Crippen molar-refractivity contribution in [3.63, 3.8) is 0 Å². The van der Waals surface area contributed by atoms with Gasteiger partial charge in [0.2, 0.25) is 0 Å². The Labute approximate surface area is 95.3 Å². The SMILES string of the molecule is CC[C@H](C)NC(=O)Nc1ccc(C#N)cc1. The van der Waals surface area contributed by atoms with Crippen molar-refractivity contribution in [1.29, 1.82) is 5.26 Å². The molecule has 1 rings (SSSR count). The van der Waals surface area contributed by atoms with Gasteiger partial charge in [0, 0.05) is 11.7 Å². The molecule has 0 heterocycles. The summed E-state index contributed by atoms with van der Waals surface area (Å²) in [4.78, 5) is 11.4. The van der Waals surface area contributed by atoms with Gasteiger partial charge in [-0.1, -0.05) is 6.92 Å². The number of amides is 2. The van der Waals surface area contributed by atoms with Crippen LogP contribution < -0.4 is 10.6 Å². The van der Waals surface area contributed by atoms with Crippen LogP contribution in [0, 0.1) is 11.3 Å². The zero-order chi connectivity index (χ0) is 12.0. The van der Waals surface area contributed by atoms with Gasteiger partial charge in [0.1, 0.15) is 0 Å². The molecule has 16 heavy (non-hydrogen) atoms. The zero-order valence-corrected chi connectivity index (χ0v) is 9.45. The van der Waals surface area contributed by atoms with E-state index in [1.165, 1.54) is 0 Å². The number of urea groups is 1. The van der Waals surface area contributed by atoms with Crippen LogP contribution in [0.5, 0.6) is 0 Å². The molecule has 2 amide bonds. The predicted molar refractivity (Wildman–Crippen MR) is 63.1 cm³/mol. The van der Waals surface area contributed by atoms with Crippen molar-refractivity contribution in [2.24, 2.45) is 0 Å². The summed E-state index contributed by atoms with van der Waals surface area (Å²) >= 11 is 0. The molecule has 1 aromatic rings. The van der Waals surface area contributed by atoms with E-state index in [1.54, 1.807) is 24.3 Å². The third kappa shape index (κ3) is 3.62. The second-order valence-corrected chi connectivity index (χ2v) is 3.60. The molecule has 84 valence electrons. The highest BCUT2D eigenvalue weighted by atomic mass is 16.2. The Bertz CT molecular complexity index is 392. The fourth-order valence-electron chi connectivity index (χ4n) is 1.12. The lowest BCUT2D eigenvalue weighted by Gasteiger charge is -2.12. The number of rotatable bonds is 3. The summed E-state index contributed by atoms with van der Waals surface area (Å²) in [7, 11) is 0. The number of carbonyl (C=O) groups is 1. The summed E-state index contributed by atoms with van der Waals surface area (Å²) in [5, 5.41) is 14.1. The van der Waals surface area contributed by atoms with Gasteiger partial charge in [-0.2, -0.15) is 5.26 Å². The Morgan fingerprint density at radius 2 is 2.06 bits per heavy atom. The second kappa shape index (κ2) is 5.76. The molecule has 0 aliphatic heterocycles. The topological polar surface area (TPSA) is 64.9 Å². The van der Waals surface area contributed by atoms with Gasteiger partial charge in [0.05, 0.1) is 11.6 Å². The third-order valence-electron chi connectivity index (χ3n) is 2.26. The van der Waals surface area contributed by atoms with Gasteiger partial charge < -0.3 is 10.6 Å². The molecule has 0 unspecified atom stereocenters. The first-order chi connectivity index (χ1) is 7.65. The fraction of sp³-hybridized carbons (Fsp3) is 0.333. The van der Waals surface area contributed by atoms with Gasteiger partial charge in [-0.15, -0.1) is 0 Å². The smallest absolute Gasteiger partial charge is 0.319 e. The standard InChI is InChI=1S/C12H15N3O/c1-3-9(2)14-12(16)15-11-6-4-10(8-13)5-7-11/h4-7,9H,3H2,1-2H3,(H2,14,15,16)/t9-/m0/s1. The number of nitriles is 1.